The van der Waals surface area contributed by atoms with Crippen LogP contribution in [0.25, 0.3) is 10.9 Å². The number of para-hydroxylation sites is 1. The van der Waals surface area contributed by atoms with Gasteiger partial charge in [0.2, 0.25) is 0 Å². The molecule has 0 spiro atoms. The summed E-state index contributed by atoms with van der Waals surface area (Å²) < 4.78 is 12.9. The molecule has 0 aliphatic rings. The minimum Gasteiger partial charge on any atom is -0.480 e. The lowest BCUT2D eigenvalue weighted by molar-refractivity contribution is -0.139. The van der Waals surface area contributed by atoms with Gasteiger partial charge in [-0.2, -0.15) is 0 Å². The summed E-state index contributed by atoms with van der Waals surface area (Å²) in [5.41, 5.74) is 1.41. The molecule has 1 aromatic heterocycles. The first kappa shape index (κ1) is 16.6. The summed E-state index contributed by atoms with van der Waals surface area (Å²) in [6, 6.07) is 15.0. The first-order chi connectivity index (χ1) is 12.0. The van der Waals surface area contributed by atoms with Crippen molar-refractivity contribution in [3.05, 3.63) is 77.7 Å². The van der Waals surface area contributed by atoms with Crippen LogP contribution in [-0.2, 0) is 11.2 Å². The molecule has 1 heterocycles. The molecule has 5 nitrogen and oxygen atoms in total. The number of fused-ring (bicyclic) bond motifs is 1. The molecule has 0 saturated heterocycles. The Kier molecular flexibility index (Phi) is 4.70. The highest BCUT2D eigenvalue weighted by Gasteiger charge is 2.22. The highest BCUT2D eigenvalue weighted by molar-refractivity contribution is 5.97. The van der Waals surface area contributed by atoms with Crippen molar-refractivity contribution in [2.24, 2.45) is 0 Å². The van der Waals surface area contributed by atoms with Crippen LogP contribution in [0.1, 0.15) is 16.1 Å². The lowest BCUT2D eigenvalue weighted by Crippen LogP contribution is -2.42. The normalized spacial score (nSPS) is 11.9. The number of aliphatic carboxylic acids is 1. The second-order valence-corrected chi connectivity index (χ2v) is 5.58. The minimum atomic E-state index is -1.17. The first-order valence-electron chi connectivity index (χ1n) is 7.67. The van der Waals surface area contributed by atoms with E-state index in [-0.39, 0.29) is 12.1 Å². The number of carbonyl (C=O) groups is 2. The van der Waals surface area contributed by atoms with E-state index in [0.717, 1.165) is 5.39 Å². The van der Waals surface area contributed by atoms with Crippen LogP contribution in [0.15, 0.2) is 60.7 Å². The van der Waals surface area contributed by atoms with E-state index in [1.54, 1.807) is 18.2 Å². The highest BCUT2D eigenvalue weighted by Crippen LogP contribution is 2.12. The van der Waals surface area contributed by atoms with Crippen molar-refractivity contribution in [3.63, 3.8) is 0 Å². The van der Waals surface area contributed by atoms with Crippen LogP contribution in [0.4, 0.5) is 4.39 Å². The van der Waals surface area contributed by atoms with E-state index < -0.39 is 23.7 Å². The van der Waals surface area contributed by atoms with E-state index in [9.17, 15) is 19.1 Å². The Bertz CT molecular complexity index is 925. The summed E-state index contributed by atoms with van der Waals surface area (Å²) in [7, 11) is 0. The number of halogens is 1. The van der Waals surface area contributed by atoms with Crippen LogP contribution in [-0.4, -0.2) is 28.0 Å². The van der Waals surface area contributed by atoms with Crippen molar-refractivity contribution in [2.75, 3.05) is 0 Å². The van der Waals surface area contributed by atoms with Gasteiger partial charge in [-0.15, -0.1) is 0 Å². The molecule has 0 unspecified atom stereocenters. The van der Waals surface area contributed by atoms with Gasteiger partial charge in [0.1, 0.15) is 17.6 Å². The van der Waals surface area contributed by atoms with Gasteiger partial charge in [-0.3, -0.25) is 4.79 Å². The molecule has 0 aliphatic carbocycles. The zero-order valence-corrected chi connectivity index (χ0v) is 13.1. The average molecular weight is 338 g/mol. The topological polar surface area (TPSA) is 79.3 Å². The molecule has 0 bridgehead atoms. The number of carboxylic acids is 1. The van der Waals surface area contributed by atoms with Gasteiger partial charge in [0.05, 0.1) is 5.52 Å². The number of hydrogen-bond donors (Lipinski definition) is 2. The Hall–Kier alpha value is -3.28. The summed E-state index contributed by atoms with van der Waals surface area (Å²) in [4.78, 5) is 28.0. The second kappa shape index (κ2) is 7.09. The van der Waals surface area contributed by atoms with Gasteiger partial charge in [0.25, 0.3) is 5.91 Å². The van der Waals surface area contributed by atoms with Crippen molar-refractivity contribution in [1.82, 2.24) is 10.3 Å². The summed E-state index contributed by atoms with van der Waals surface area (Å²) in [5, 5.41) is 12.7. The van der Waals surface area contributed by atoms with Crippen molar-refractivity contribution in [2.45, 2.75) is 12.5 Å². The Morgan fingerprint density at radius 1 is 1.04 bits per heavy atom. The molecule has 2 N–H and O–H groups in total. The monoisotopic (exact) mass is 338 g/mol. The minimum absolute atomic E-state index is 0.0505. The molecular weight excluding hydrogens is 323 g/mol. The average Bonchev–Trinajstić information content (AvgIpc) is 2.62. The Labute approximate surface area is 143 Å². The van der Waals surface area contributed by atoms with Crippen molar-refractivity contribution in [1.29, 1.82) is 0 Å². The third kappa shape index (κ3) is 3.98. The maximum atomic E-state index is 12.9. The van der Waals surface area contributed by atoms with E-state index in [2.05, 4.69) is 10.3 Å². The van der Waals surface area contributed by atoms with E-state index in [0.29, 0.717) is 11.1 Å². The lowest BCUT2D eigenvalue weighted by atomic mass is 10.1. The fourth-order valence-electron chi connectivity index (χ4n) is 2.48. The van der Waals surface area contributed by atoms with Gasteiger partial charge in [-0.05, 0) is 29.8 Å². The molecule has 3 aromatic rings. The van der Waals surface area contributed by atoms with Crippen molar-refractivity contribution >= 4 is 22.8 Å². The number of amides is 1. The molecule has 0 radical (unpaired) electrons. The van der Waals surface area contributed by atoms with Crippen molar-refractivity contribution < 1.29 is 19.1 Å². The molecule has 1 amide bonds. The summed E-state index contributed by atoms with van der Waals surface area (Å²) in [6.07, 6.45) is 0.0505. The number of carboxylic acid groups (broad SMARTS) is 1. The standard InChI is InChI=1S/C19H15FN2O3/c20-14-8-5-12(6-9-14)11-17(19(24)25)22-18(23)16-10-7-13-3-1-2-4-15(13)21-16/h1-10,17H,11H2,(H,22,23)(H,24,25)/t17-/m1/s1. The Morgan fingerprint density at radius 3 is 2.48 bits per heavy atom. The predicted molar refractivity (Wildman–Crippen MR) is 90.7 cm³/mol. The van der Waals surface area contributed by atoms with Crippen LogP contribution in [0, 0.1) is 5.82 Å². The number of hydrogen-bond acceptors (Lipinski definition) is 3. The zero-order valence-electron chi connectivity index (χ0n) is 13.1. The maximum absolute atomic E-state index is 12.9. The predicted octanol–water partition coefficient (Wildman–Crippen LogP) is 2.80. The van der Waals surface area contributed by atoms with Crippen molar-refractivity contribution in [3.8, 4) is 0 Å². The molecule has 6 heteroatoms. The number of nitrogens with zero attached hydrogens (tertiary/aromatic N) is 1. The van der Waals surface area contributed by atoms with E-state index >= 15 is 0 Å². The summed E-state index contributed by atoms with van der Waals surface area (Å²) >= 11 is 0. The molecular formula is C19H15FN2O3. The molecule has 1 atom stereocenters. The van der Waals surface area contributed by atoms with Gasteiger partial charge in [0.15, 0.2) is 0 Å². The summed E-state index contributed by atoms with van der Waals surface area (Å²) in [6.45, 7) is 0. The third-order valence-corrected chi connectivity index (χ3v) is 3.79. The van der Waals surface area contributed by atoms with Crippen LogP contribution in [0.2, 0.25) is 0 Å². The number of pyridine rings is 1. The van der Waals surface area contributed by atoms with E-state index in [1.807, 2.05) is 18.2 Å². The quantitative estimate of drug-likeness (QED) is 0.750. The van der Waals surface area contributed by atoms with E-state index in [1.165, 1.54) is 24.3 Å². The molecule has 0 aliphatic heterocycles. The second-order valence-electron chi connectivity index (χ2n) is 5.58. The van der Waals surface area contributed by atoms with E-state index in [4.69, 9.17) is 0 Å². The fourth-order valence-corrected chi connectivity index (χ4v) is 2.48. The van der Waals surface area contributed by atoms with Crippen LogP contribution in [0.5, 0.6) is 0 Å². The number of nitrogens with one attached hydrogen (secondary N) is 1. The highest BCUT2D eigenvalue weighted by atomic mass is 19.1. The lowest BCUT2D eigenvalue weighted by Gasteiger charge is -2.14. The largest absolute Gasteiger partial charge is 0.480 e. The fraction of sp³-hybridized carbons (Fsp3) is 0.105. The van der Waals surface area contributed by atoms with Crippen LogP contribution >= 0.6 is 0 Å². The van der Waals surface area contributed by atoms with Gasteiger partial charge < -0.3 is 10.4 Å². The number of rotatable bonds is 5. The first-order valence-corrected chi connectivity index (χ1v) is 7.67. The smallest absolute Gasteiger partial charge is 0.326 e. The number of benzene rings is 2. The van der Waals surface area contributed by atoms with Crippen LogP contribution in [0.3, 0.4) is 0 Å². The number of carbonyl (C=O) groups excluding carboxylic acids is 1. The SMILES string of the molecule is O=C(N[C@H](Cc1ccc(F)cc1)C(=O)O)c1ccc2ccccc2n1. The third-order valence-electron chi connectivity index (χ3n) is 3.79. The molecule has 0 fully saturated rings. The number of aromatic nitrogens is 1. The Morgan fingerprint density at radius 2 is 1.76 bits per heavy atom. The summed E-state index contributed by atoms with van der Waals surface area (Å²) in [5.74, 6) is -2.14. The zero-order chi connectivity index (χ0) is 17.8. The molecule has 126 valence electrons. The molecule has 2 aromatic carbocycles. The molecule has 3 rings (SSSR count). The van der Waals surface area contributed by atoms with Gasteiger partial charge >= 0.3 is 5.97 Å². The maximum Gasteiger partial charge on any atom is 0.326 e. The Balaban J connectivity index is 1.77. The van der Waals surface area contributed by atoms with Gasteiger partial charge in [-0.25, -0.2) is 14.2 Å². The molecule has 25 heavy (non-hydrogen) atoms. The molecule has 0 saturated carbocycles. The van der Waals surface area contributed by atoms with Gasteiger partial charge in [0, 0.05) is 11.8 Å². The van der Waals surface area contributed by atoms with Gasteiger partial charge in [-0.1, -0.05) is 36.4 Å². The van der Waals surface area contributed by atoms with Crippen LogP contribution < -0.4 is 5.32 Å².